The Hall–Kier alpha value is -4.33. The summed E-state index contributed by atoms with van der Waals surface area (Å²) in [6.45, 7) is 1.63. The number of pyridine rings is 1. The lowest BCUT2D eigenvalue weighted by Crippen LogP contribution is -2.21. The van der Waals surface area contributed by atoms with Crippen molar-refractivity contribution in [2.45, 2.75) is 13.1 Å². The van der Waals surface area contributed by atoms with Crippen molar-refractivity contribution in [3.63, 3.8) is 0 Å². The summed E-state index contributed by atoms with van der Waals surface area (Å²) in [5, 5.41) is 40.1. The minimum atomic E-state index is -5.08. The number of benzene rings is 2. The van der Waals surface area contributed by atoms with Gasteiger partial charge in [-0.1, -0.05) is 24.3 Å². The van der Waals surface area contributed by atoms with Crippen molar-refractivity contribution in [1.29, 1.82) is 5.41 Å². The highest BCUT2D eigenvalue weighted by Gasteiger charge is 2.38. The maximum Gasteiger partial charge on any atom is 0.490 e. The van der Waals surface area contributed by atoms with Crippen molar-refractivity contribution in [2.24, 2.45) is 0 Å². The molecule has 0 aliphatic carbocycles. The van der Waals surface area contributed by atoms with Crippen LogP contribution in [0.5, 0.6) is 5.75 Å². The number of H-pyrrole nitrogens is 1. The number of carboxylic acid groups (broad SMARTS) is 1. The molecule has 0 unspecified atom stereocenters. The molecule has 4 rings (SSSR count). The van der Waals surface area contributed by atoms with E-state index < -0.39 is 29.5 Å². The number of hydrogen-bond acceptors (Lipinski definition) is 6. The van der Waals surface area contributed by atoms with Crippen molar-refractivity contribution in [1.82, 2.24) is 20.7 Å². The van der Waals surface area contributed by atoms with Crippen LogP contribution in [0, 0.1) is 24.0 Å². The number of aromatic hydroxyl groups is 1. The van der Waals surface area contributed by atoms with Crippen molar-refractivity contribution in [3.05, 3.63) is 53.2 Å². The second-order valence-corrected chi connectivity index (χ2v) is 6.80. The number of phenolic OH excluding ortho intramolecular Hbond substituents is 1. The highest BCUT2D eigenvalue weighted by atomic mass is 19.4. The van der Waals surface area contributed by atoms with Gasteiger partial charge in [0.1, 0.15) is 11.7 Å². The normalized spacial score (nSPS) is 11.3. The average molecular weight is 483 g/mol. The Labute approximate surface area is 185 Å². The summed E-state index contributed by atoms with van der Waals surface area (Å²) in [6.07, 6.45) is -5.08. The fourth-order valence-corrected chi connectivity index (χ4v) is 3.12. The third kappa shape index (κ3) is 4.43. The Morgan fingerprint density at radius 1 is 1.12 bits per heavy atom. The predicted molar refractivity (Wildman–Crippen MR) is 109 cm³/mol. The van der Waals surface area contributed by atoms with Crippen LogP contribution in [-0.4, -0.2) is 48.6 Å². The van der Waals surface area contributed by atoms with Crippen LogP contribution in [0.3, 0.4) is 0 Å². The minimum Gasteiger partial charge on any atom is -0.505 e. The zero-order chi connectivity index (χ0) is 25.4. The van der Waals surface area contributed by atoms with Gasteiger partial charge in [0.25, 0.3) is 0 Å². The first kappa shape index (κ1) is 24.3. The Morgan fingerprint density at radius 3 is 2.24 bits per heavy atom. The van der Waals surface area contributed by atoms with E-state index in [-0.39, 0.29) is 27.9 Å². The number of fused-ring (bicyclic) bond motifs is 3. The van der Waals surface area contributed by atoms with Crippen molar-refractivity contribution in [3.8, 4) is 17.0 Å². The van der Waals surface area contributed by atoms with Gasteiger partial charge >= 0.3 is 12.1 Å². The van der Waals surface area contributed by atoms with Gasteiger partial charge in [-0.05, 0) is 6.92 Å². The SMILES string of the molecule is Cc1n[nH]c2nc(-c3ccc(C(=N)NO)cc3)c3c(F)cc(O)c(F)c3c12.O=C(O)C(F)(F)F. The monoisotopic (exact) mass is 483 g/mol. The summed E-state index contributed by atoms with van der Waals surface area (Å²) in [5.41, 5.74) is 3.44. The summed E-state index contributed by atoms with van der Waals surface area (Å²) >= 11 is 0. The number of carboxylic acids is 1. The molecule has 0 bridgehead atoms. The van der Waals surface area contributed by atoms with E-state index in [1.165, 1.54) is 12.1 Å². The lowest BCUT2D eigenvalue weighted by Gasteiger charge is -2.11. The first-order valence-electron chi connectivity index (χ1n) is 9.11. The third-order valence-electron chi connectivity index (χ3n) is 4.64. The van der Waals surface area contributed by atoms with E-state index in [2.05, 4.69) is 15.2 Å². The zero-order valence-electron chi connectivity index (χ0n) is 16.9. The second-order valence-electron chi connectivity index (χ2n) is 6.80. The van der Waals surface area contributed by atoms with Crippen LogP contribution in [0.2, 0.25) is 0 Å². The number of alkyl halides is 3. The van der Waals surface area contributed by atoms with Crippen molar-refractivity contribution >= 4 is 33.6 Å². The number of aliphatic carboxylic acids is 1. The summed E-state index contributed by atoms with van der Waals surface area (Å²) in [6, 6.07) is 6.92. The number of hydroxylamine groups is 1. The lowest BCUT2D eigenvalue weighted by molar-refractivity contribution is -0.192. The van der Waals surface area contributed by atoms with Crippen LogP contribution in [0.4, 0.5) is 22.0 Å². The molecule has 0 fully saturated rings. The van der Waals surface area contributed by atoms with Gasteiger partial charge in [0, 0.05) is 28.0 Å². The van der Waals surface area contributed by atoms with E-state index in [0.29, 0.717) is 28.3 Å². The number of halogens is 5. The zero-order valence-corrected chi connectivity index (χ0v) is 16.9. The van der Waals surface area contributed by atoms with Crippen LogP contribution in [0.15, 0.2) is 30.3 Å². The van der Waals surface area contributed by atoms with Gasteiger partial charge in [-0.2, -0.15) is 18.3 Å². The standard InChI is InChI=1S/C18H13F2N5O2.C2HF3O2/c1-7-12-14-13(10(19)6-11(26)15(14)20)16(22-18(12)24-23-7)8-2-4-9(5-3-8)17(21)25-27;3-2(4,5)1(6)7/h2-6,26-27H,1H3,(H2,21,25)(H,22,23,24);(H,6,7). The molecule has 2 heterocycles. The van der Waals surface area contributed by atoms with Crippen molar-refractivity contribution < 1.29 is 42.2 Å². The van der Waals surface area contributed by atoms with Crippen molar-refractivity contribution in [2.75, 3.05) is 0 Å². The van der Waals surface area contributed by atoms with E-state index in [1.54, 1.807) is 24.5 Å². The lowest BCUT2D eigenvalue weighted by atomic mass is 9.99. The Morgan fingerprint density at radius 2 is 1.71 bits per heavy atom. The number of aromatic amines is 1. The van der Waals surface area contributed by atoms with Gasteiger partial charge in [0.05, 0.1) is 16.8 Å². The molecule has 9 nitrogen and oxygen atoms in total. The van der Waals surface area contributed by atoms with Crippen LogP contribution >= 0.6 is 0 Å². The highest BCUT2D eigenvalue weighted by Crippen LogP contribution is 2.39. The quantitative estimate of drug-likeness (QED) is 0.109. The molecule has 0 atom stereocenters. The van der Waals surface area contributed by atoms with E-state index in [9.17, 15) is 27.1 Å². The van der Waals surface area contributed by atoms with Gasteiger partial charge in [-0.25, -0.2) is 18.6 Å². The van der Waals surface area contributed by atoms with E-state index >= 15 is 0 Å². The van der Waals surface area contributed by atoms with Crippen LogP contribution < -0.4 is 5.48 Å². The summed E-state index contributed by atoms with van der Waals surface area (Å²) in [5.74, 6) is -5.53. The molecule has 0 aliphatic rings. The van der Waals surface area contributed by atoms with Gasteiger partial charge in [0.15, 0.2) is 17.2 Å². The molecular weight excluding hydrogens is 469 g/mol. The molecule has 14 heteroatoms. The van der Waals surface area contributed by atoms with E-state index in [0.717, 1.165) is 0 Å². The number of hydrogen-bond donors (Lipinski definition) is 6. The van der Waals surface area contributed by atoms with Gasteiger partial charge < -0.3 is 10.2 Å². The van der Waals surface area contributed by atoms with Gasteiger partial charge in [-0.15, -0.1) is 0 Å². The molecule has 0 saturated heterocycles. The number of rotatable bonds is 2. The van der Waals surface area contributed by atoms with Crippen LogP contribution in [0.25, 0.3) is 33.1 Å². The number of amidine groups is 1. The first-order valence-corrected chi connectivity index (χ1v) is 9.11. The minimum absolute atomic E-state index is 0.0783. The molecule has 6 N–H and O–H groups in total. The van der Waals surface area contributed by atoms with E-state index in [1.807, 2.05) is 0 Å². The molecule has 0 amide bonds. The third-order valence-corrected chi connectivity index (χ3v) is 4.64. The number of carbonyl (C=O) groups is 1. The Bertz CT molecular complexity index is 1420. The summed E-state index contributed by atoms with van der Waals surface area (Å²) in [7, 11) is 0. The van der Waals surface area contributed by atoms with Gasteiger partial charge in [0.2, 0.25) is 0 Å². The average Bonchev–Trinajstić information content (AvgIpc) is 3.16. The molecule has 4 aromatic rings. The number of phenols is 1. The Balaban J connectivity index is 0.000000406. The number of nitrogens with one attached hydrogen (secondary N) is 3. The summed E-state index contributed by atoms with van der Waals surface area (Å²) in [4.78, 5) is 13.3. The molecule has 34 heavy (non-hydrogen) atoms. The maximum absolute atomic E-state index is 14.7. The van der Waals surface area contributed by atoms with Crippen LogP contribution in [0.1, 0.15) is 11.3 Å². The van der Waals surface area contributed by atoms with Gasteiger partial charge in [-0.3, -0.25) is 21.2 Å². The molecule has 2 aromatic carbocycles. The molecule has 0 spiro atoms. The second kappa shape index (κ2) is 8.90. The largest absolute Gasteiger partial charge is 0.505 e. The number of aromatic nitrogens is 3. The molecule has 0 radical (unpaired) electrons. The molecule has 0 aliphatic heterocycles. The highest BCUT2D eigenvalue weighted by molar-refractivity contribution is 6.12. The first-order chi connectivity index (χ1) is 15.9. The smallest absolute Gasteiger partial charge is 0.490 e. The van der Waals surface area contributed by atoms with E-state index in [4.69, 9.17) is 20.5 Å². The molecular formula is C20H14F5N5O4. The summed E-state index contributed by atoms with van der Waals surface area (Å²) < 4.78 is 61.2. The fraction of sp³-hybridized carbons (Fsp3) is 0.100. The van der Waals surface area contributed by atoms with Crippen LogP contribution in [-0.2, 0) is 4.79 Å². The Kier molecular flexibility index (Phi) is 6.36. The molecule has 2 aromatic heterocycles. The predicted octanol–water partition coefficient (Wildman–Crippen LogP) is 4.01. The fourth-order valence-electron chi connectivity index (χ4n) is 3.12. The topological polar surface area (TPSA) is 155 Å². The molecule has 0 saturated carbocycles. The number of nitrogens with zero attached hydrogens (tertiary/aromatic N) is 2. The number of aryl methyl sites for hydroxylation is 1. The maximum atomic E-state index is 14.7. The molecule has 178 valence electrons.